The van der Waals surface area contributed by atoms with E-state index in [0.29, 0.717) is 5.56 Å². The molecule has 3 rings (SSSR count). The van der Waals surface area contributed by atoms with Crippen LogP contribution in [-0.2, 0) is 13.2 Å². The lowest BCUT2D eigenvalue weighted by atomic mass is 10.1. The molecule has 0 saturated carbocycles. The van der Waals surface area contributed by atoms with E-state index in [1.54, 1.807) is 13.0 Å². The zero-order chi connectivity index (χ0) is 19.1. The molecule has 9 heteroatoms. The summed E-state index contributed by atoms with van der Waals surface area (Å²) in [6.07, 6.45) is -3.27. The first-order valence-electron chi connectivity index (χ1n) is 7.43. The summed E-state index contributed by atoms with van der Waals surface area (Å²) in [4.78, 5) is 12.1. The van der Waals surface area contributed by atoms with E-state index in [-0.39, 0.29) is 22.7 Å². The summed E-state index contributed by atoms with van der Waals surface area (Å²) in [5.74, 6) is -1.26. The maximum Gasteiger partial charge on any atom is 0.435 e. The van der Waals surface area contributed by atoms with Gasteiger partial charge < -0.3 is 9.73 Å². The summed E-state index contributed by atoms with van der Waals surface area (Å²) in [6.45, 7) is 1.68. The van der Waals surface area contributed by atoms with Gasteiger partial charge in [0.05, 0.1) is 12.0 Å². The predicted molar refractivity (Wildman–Crippen MR) is 85.0 cm³/mol. The maximum absolute atomic E-state index is 14.4. The molecule has 0 fully saturated rings. The maximum atomic E-state index is 14.4. The third-order valence-electron chi connectivity index (χ3n) is 3.74. The molecule has 0 aliphatic rings. The topological polar surface area (TPSA) is 60.1 Å². The van der Waals surface area contributed by atoms with Crippen LogP contribution >= 0.6 is 0 Å². The van der Waals surface area contributed by atoms with Gasteiger partial charge in [-0.25, -0.2) is 4.39 Å². The van der Waals surface area contributed by atoms with Crippen LogP contribution in [0.5, 0.6) is 0 Å². The number of halogens is 4. The van der Waals surface area contributed by atoms with Gasteiger partial charge in [0.15, 0.2) is 11.5 Å². The molecule has 0 aliphatic carbocycles. The van der Waals surface area contributed by atoms with Gasteiger partial charge in [0.2, 0.25) is 0 Å². The van der Waals surface area contributed by atoms with Crippen molar-refractivity contribution >= 4 is 11.6 Å². The molecular formula is C17H13F4N3O2. The summed E-state index contributed by atoms with van der Waals surface area (Å²) in [7, 11) is 1.29. The van der Waals surface area contributed by atoms with Gasteiger partial charge in [-0.3, -0.25) is 9.48 Å². The first kappa shape index (κ1) is 17.7. The number of aryl methyl sites for hydroxylation is 2. The fraction of sp³-hybridized carbons (Fsp3) is 0.176. The number of nitrogens with one attached hydrogen (secondary N) is 1. The van der Waals surface area contributed by atoms with Crippen LogP contribution in [0.2, 0.25) is 0 Å². The predicted octanol–water partition coefficient (Wildman–Crippen LogP) is 4.40. The Morgan fingerprint density at radius 3 is 2.50 bits per heavy atom. The number of furan rings is 1. The third-order valence-corrected chi connectivity index (χ3v) is 3.74. The molecule has 1 aromatic carbocycles. The standard InChI is InChI=1S/C17H13F4N3O2/c1-9-5-6-26-15(9)16(25)22-10-3-4-11(12(18)7-10)13-8-14(17(19,20)21)23-24(13)2/h3-8H,1-2H3,(H,22,25). The second kappa shape index (κ2) is 6.32. The van der Waals surface area contributed by atoms with Gasteiger partial charge in [-0.2, -0.15) is 18.3 Å². The number of hydrogen-bond acceptors (Lipinski definition) is 3. The van der Waals surface area contributed by atoms with Crippen LogP contribution in [0.15, 0.2) is 41.0 Å². The van der Waals surface area contributed by atoms with Gasteiger partial charge >= 0.3 is 6.18 Å². The molecule has 26 heavy (non-hydrogen) atoms. The van der Waals surface area contributed by atoms with Gasteiger partial charge in [0.25, 0.3) is 5.91 Å². The van der Waals surface area contributed by atoms with E-state index in [0.717, 1.165) is 16.8 Å². The molecule has 5 nitrogen and oxygen atoms in total. The number of carbonyl (C=O) groups excluding carboxylic acids is 1. The first-order chi connectivity index (χ1) is 12.2. The molecule has 2 aromatic heterocycles. The van der Waals surface area contributed by atoms with Crippen molar-refractivity contribution in [3.05, 3.63) is 59.4 Å². The minimum atomic E-state index is -4.62. The van der Waals surface area contributed by atoms with Crippen molar-refractivity contribution in [3.8, 4) is 11.3 Å². The van der Waals surface area contributed by atoms with Crippen LogP contribution in [0.4, 0.5) is 23.2 Å². The molecular weight excluding hydrogens is 354 g/mol. The Morgan fingerprint density at radius 1 is 1.23 bits per heavy atom. The largest absolute Gasteiger partial charge is 0.459 e. The van der Waals surface area contributed by atoms with Crippen LogP contribution < -0.4 is 5.32 Å². The van der Waals surface area contributed by atoms with Crippen LogP contribution in [0, 0.1) is 12.7 Å². The Balaban J connectivity index is 1.88. The van der Waals surface area contributed by atoms with Gasteiger partial charge in [0, 0.05) is 23.9 Å². The Hall–Kier alpha value is -3.10. The van der Waals surface area contributed by atoms with Crippen molar-refractivity contribution < 1.29 is 26.8 Å². The number of nitrogens with zero attached hydrogens (tertiary/aromatic N) is 2. The second-order valence-electron chi connectivity index (χ2n) is 5.62. The van der Waals surface area contributed by atoms with Crippen LogP contribution in [0.1, 0.15) is 21.8 Å². The molecule has 0 unspecified atom stereocenters. The summed E-state index contributed by atoms with van der Waals surface area (Å²) in [6, 6.07) is 6.06. The molecule has 0 saturated heterocycles. The number of alkyl halides is 3. The average Bonchev–Trinajstić information content (AvgIpc) is 3.13. The van der Waals surface area contributed by atoms with Crippen molar-refractivity contribution in [2.75, 3.05) is 5.32 Å². The number of amides is 1. The van der Waals surface area contributed by atoms with Crippen molar-refractivity contribution in [3.63, 3.8) is 0 Å². The number of aromatic nitrogens is 2. The second-order valence-corrected chi connectivity index (χ2v) is 5.62. The lowest BCUT2D eigenvalue weighted by Crippen LogP contribution is -2.12. The normalized spacial score (nSPS) is 11.6. The van der Waals surface area contributed by atoms with E-state index < -0.39 is 23.6 Å². The Labute approximate surface area is 145 Å². The Bertz CT molecular complexity index is 973. The van der Waals surface area contributed by atoms with Crippen molar-refractivity contribution in [1.82, 2.24) is 9.78 Å². The molecule has 2 heterocycles. The van der Waals surface area contributed by atoms with E-state index in [1.165, 1.54) is 25.4 Å². The van der Waals surface area contributed by atoms with Crippen LogP contribution in [0.25, 0.3) is 11.3 Å². The minimum absolute atomic E-state index is 0.0328. The monoisotopic (exact) mass is 367 g/mol. The van der Waals surface area contributed by atoms with Crippen molar-refractivity contribution in [2.45, 2.75) is 13.1 Å². The Kier molecular flexibility index (Phi) is 4.31. The zero-order valence-electron chi connectivity index (χ0n) is 13.7. The lowest BCUT2D eigenvalue weighted by Gasteiger charge is -2.08. The molecule has 0 aliphatic heterocycles. The number of rotatable bonds is 3. The SMILES string of the molecule is Cc1ccoc1C(=O)Nc1ccc(-c2cc(C(F)(F)F)nn2C)c(F)c1. The van der Waals surface area contributed by atoms with Crippen molar-refractivity contribution in [2.24, 2.45) is 7.05 Å². The summed E-state index contributed by atoms with van der Waals surface area (Å²) in [5, 5.41) is 5.83. The zero-order valence-corrected chi connectivity index (χ0v) is 13.7. The average molecular weight is 367 g/mol. The minimum Gasteiger partial charge on any atom is -0.459 e. The van der Waals surface area contributed by atoms with Gasteiger partial charge in [-0.15, -0.1) is 0 Å². The first-order valence-corrected chi connectivity index (χ1v) is 7.43. The van der Waals surface area contributed by atoms with Gasteiger partial charge in [0.1, 0.15) is 5.82 Å². The van der Waals surface area contributed by atoms with Crippen LogP contribution in [0.3, 0.4) is 0 Å². The molecule has 0 bridgehead atoms. The van der Waals surface area contributed by atoms with E-state index in [1.807, 2.05) is 0 Å². The van der Waals surface area contributed by atoms with Gasteiger partial charge in [-0.1, -0.05) is 0 Å². The highest BCUT2D eigenvalue weighted by Gasteiger charge is 2.35. The molecule has 136 valence electrons. The summed E-state index contributed by atoms with van der Waals surface area (Å²) < 4.78 is 58.6. The summed E-state index contributed by atoms with van der Waals surface area (Å²) >= 11 is 0. The molecule has 0 atom stereocenters. The number of benzene rings is 1. The third kappa shape index (κ3) is 3.32. The van der Waals surface area contributed by atoms with Crippen LogP contribution in [-0.4, -0.2) is 15.7 Å². The number of anilines is 1. The quantitative estimate of drug-likeness (QED) is 0.698. The Morgan fingerprint density at radius 2 is 1.96 bits per heavy atom. The van der Waals surface area contributed by atoms with E-state index in [9.17, 15) is 22.4 Å². The molecule has 0 radical (unpaired) electrons. The number of carbonyl (C=O) groups is 1. The fourth-order valence-electron chi connectivity index (χ4n) is 2.45. The van der Waals surface area contributed by atoms with E-state index in [4.69, 9.17) is 4.42 Å². The fourth-order valence-corrected chi connectivity index (χ4v) is 2.45. The molecule has 1 N–H and O–H groups in total. The molecule has 3 aromatic rings. The van der Waals surface area contributed by atoms with Gasteiger partial charge in [-0.05, 0) is 37.3 Å². The molecule has 1 amide bonds. The summed E-state index contributed by atoms with van der Waals surface area (Å²) in [5.41, 5.74) is -0.447. The highest BCUT2D eigenvalue weighted by atomic mass is 19.4. The number of hydrogen-bond donors (Lipinski definition) is 1. The highest BCUT2D eigenvalue weighted by Crippen LogP contribution is 2.32. The van der Waals surface area contributed by atoms with E-state index >= 15 is 0 Å². The van der Waals surface area contributed by atoms with E-state index in [2.05, 4.69) is 10.4 Å². The van der Waals surface area contributed by atoms with Crippen molar-refractivity contribution in [1.29, 1.82) is 0 Å². The molecule has 0 spiro atoms. The smallest absolute Gasteiger partial charge is 0.435 e. The lowest BCUT2D eigenvalue weighted by molar-refractivity contribution is -0.141. The highest BCUT2D eigenvalue weighted by molar-refractivity contribution is 6.03.